The highest BCUT2D eigenvalue weighted by atomic mass is 32.1. The number of nitrogens with zero attached hydrogens (tertiary/aromatic N) is 4. The lowest BCUT2D eigenvalue weighted by atomic mass is 9.95. The van der Waals surface area contributed by atoms with Gasteiger partial charge in [0.25, 0.3) is 5.56 Å². The van der Waals surface area contributed by atoms with Gasteiger partial charge in [-0.05, 0) is 73.5 Å². The Balaban J connectivity index is 1.50. The van der Waals surface area contributed by atoms with E-state index in [9.17, 15) is 14.4 Å². The zero-order chi connectivity index (χ0) is 35.4. The monoisotopic (exact) mass is 692 g/mol. The Bertz CT molecular complexity index is 2270. The normalized spacial score (nSPS) is 14.2. The van der Waals surface area contributed by atoms with E-state index in [1.165, 1.54) is 37.0 Å². The maximum Gasteiger partial charge on any atom is 0.338 e. The van der Waals surface area contributed by atoms with Crippen LogP contribution in [0.3, 0.4) is 0 Å². The summed E-state index contributed by atoms with van der Waals surface area (Å²) in [5, 5.41) is 4.93. The van der Waals surface area contributed by atoms with Crippen LogP contribution in [0.4, 0.5) is 0 Å². The largest absolute Gasteiger partial charge is 0.494 e. The molecule has 0 fully saturated rings. The molecule has 3 aromatic carbocycles. The van der Waals surface area contributed by atoms with Crippen molar-refractivity contribution in [1.29, 1.82) is 0 Å². The van der Waals surface area contributed by atoms with Crippen molar-refractivity contribution in [3.8, 4) is 34.2 Å². The molecule has 11 nitrogen and oxygen atoms in total. The van der Waals surface area contributed by atoms with Crippen molar-refractivity contribution in [2.45, 2.75) is 39.7 Å². The zero-order valence-electron chi connectivity index (χ0n) is 28.3. The number of hydrogen-bond acceptors (Lipinski definition) is 10. The number of fused-ring (bicyclic) bond motifs is 1. The van der Waals surface area contributed by atoms with E-state index in [-0.39, 0.29) is 22.6 Å². The highest BCUT2D eigenvalue weighted by molar-refractivity contribution is 7.07. The number of ether oxygens (including phenoxy) is 4. The quantitative estimate of drug-likeness (QED) is 0.103. The van der Waals surface area contributed by atoms with Crippen LogP contribution in [0.5, 0.6) is 17.2 Å². The van der Waals surface area contributed by atoms with Crippen molar-refractivity contribution < 1.29 is 28.5 Å². The molecule has 0 saturated carbocycles. The summed E-state index contributed by atoms with van der Waals surface area (Å²) in [6.45, 7) is 5.76. The van der Waals surface area contributed by atoms with Gasteiger partial charge in [0.1, 0.15) is 11.4 Å². The summed E-state index contributed by atoms with van der Waals surface area (Å²) < 4.78 is 25.5. The van der Waals surface area contributed by atoms with Gasteiger partial charge < -0.3 is 18.9 Å². The van der Waals surface area contributed by atoms with Crippen molar-refractivity contribution in [3.63, 3.8) is 0 Å². The van der Waals surface area contributed by atoms with Gasteiger partial charge in [-0.15, -0.1) is 0 Å². The summed E-state index contributed by atoms with van der Waals surface area (Å²) in [6.07, 6.45) is 5.70. The average Bonchev–Trinajstić information content (AvgIpc) is 3.68. The number of unbranched alkanes of at least 4 members (excludes halogenated alkanes) is 1. The first kappa shape index (κ1) is 34.1. The van der Waals surface area contributed by atoms with Gasteiger partial charge in [-0.3, -0.25) is 14.2 Å². The molecule has 5 aromatic rings. The minimum atomic E-state index is -0.895. The van der Waals surface area contributed by atoms with Gasteiger partial charge in [-0.25, -0.2) is 14.5 Å². The van der Waals surface area contributed by atoms with E-state index in [2.05, 4.69) is 11.9 Å². The molecule has 0 aliphatic carbocycles. The predicted octanol–water partition coefficient (Wildman–Crippen LogP) is 5.37. The number of carbonyl (C=O) groups is 2. The number of methoxy groups -OCH3 is 2. The lowest BCUT2D eigenvalue weighted by Gasteiger charge is -2.25. The van der Waals surface area contributed by atoms with Gasteiger partial charge in [0.15, 0.2) is 16.3 Å². The van der Waals surface area contributed by atoms with Crippen LogP contribution < -0.4 is 29.1 Å². The SMILES string of the molecule is CCCCOc1ccc(-c2nn(-c3ccccc3)cc2/C=c2\sc3n(c2=O)[C@H](c2ccc(OC(C)=O)c(OC)c2)C(C(=O)OC)=C(C)N=3)cc1. The third-order valence-electron chi connectivity index (χ3n) is 8.13. The standard InChI is InChI=1S/C38H36N4O7S/c1-6-7-19-48-29-16-13-25(14-17-29)34-27(22-41(40-34)28-11-9-8-10-12-28)21-32-36(44)42-35(33(37(45)47-5)23(2)39-38(42)50-32)26-15-18-30(49-24(3)43)31(20-26)46-4/h8-18,20-22,35H,6-7,19H2,1-5H3/b32-21-/t35-/m1/s1. The number of aromatic nitrogens is 3. The molecule has 1 aliphatic heterocycles. The summed E-state index contributed by atoms with van der Waals surface area (Å²) in [5.41, 5.74) is 3.90. The lowest BCUT2D eigenvalue weighted by molar-refractivity contribution is -0.136. The average molecular weight is 693 g/mol. The number of carbonyl (C=O) groups excluding carboxylic acids is 2. The number of thiazole rings is 1. The van der Waals surface area contributed by atoms with Crippen LogP contribution in [0, 0.1) is 0 Å². The van der Waals surface area contributed by atoms with Crippen molar-refractivity contribution in [2.75, 3.05) is 20.8 Å². The molecule has 0 saturated heterocycles. The van der Waals surface area contributed by atoms with Crippen LogP contribution in [0.2, 0.25) is 0 Å². The molecule has 3 heterocycles. The Hall–Kier alpha value is -5.75. The molecule has 0 unspecified atom stereocenters. The first-order valence-corrected chi connectivity index (χ1v) is 16.9. The van der Waals surface area contributed by atoms with E-state index in [0.717, 1.165) is 29.8 Å². The molecule has 6 rings (SSSR count). The molecule has 50 heavy (non-hydrogen) atoms. The molecule has 0 amide bonds. The summed E-state index contributed by atoms with van der Waals surface area (Å²) in [7, 11) is 2.73. The molecular weight excluding hydrogens is 657 g/mol. The third-order valence-corrected chi connectivity index (χ3v) is 9.11. The fourth-order valence-corrected chi connectivity index (χ4v) is 6.75. The molecular formula is C38H36N4O7S. The molecule has 2 aromatic heterocycles. The Morgan fingerprint density at radius 3 is 2.44 bits per heavy atom. The molecule has 1 aliphatic rings. The number of hydrogen-bond donors (Lipinski definition) is 0. The van der Waals surface area contributed by atoms with Gasteiger partial charge >= 0.3 is 11.9 Å². The number of esters is 2. The van der Waals surface area contributed by atoms with Crippen molar-refractivity contribution >= 4 is 29.4 Å². The molecule has 0 radical (unpaired) electrons. The second-order valence-electron chi connectivity index (χ2n) is 11.5. The van der Waals surface area contributed by atoms with Gasteiger partial charge in [0.05, 0.1) is 48.4 Å². The van der Waals surface area contributed by atoms with E-state index in [1.54, 1.807) is 35.9 Å². The van der Waals surface area contributed by atoms with Gasteiger partial charge in [0.2, 0.25) is 0 Å². The molecule has 12 heteroatoms. The first-order chi connectivity index (χ1) is 24.2. The molecule has 1 atom stereocenters. The van der Waals surface area contributed by atoms with Crippen LogP contribution in [0.25, 0.3) is 23.0 Å². The number of allylic oxidation sites excluding steroid dienone is 1. The Labute approximate surface area is 292 Å². The highest BCUT2D eigenvalue weighted by Crippen LogP contribution is 2.36. The third kappa shape index (κ3) is 6.88. The van der Waals surface area contributed by atoms with Crippen molar-refractivity contribution in [1.82, 2.24) is 14.3 Å². The Morgan fingerprint density at radius 1 is 1.00 bits per heavy atom. The van der Waals surface area contributed by atoms with E-state index < -0.39 is 18.0 Å². The van der Waals surface area contributed by atoms with Crippen molar-refractivity contribution in [3.05, 3.63) is 121 Å². The van der Waals surface area contributed by atoms with E-state index >= 15 is 0 Å². The highest BCUT2D eigenvalue weighted by Gasteiger charge is 2.34. The fraction of sp³-hybridized carbons (Fsp3) is 0.237. The van der Waals surface area contributed by atoms with E-state index in [0.29, 0.717) is 38.5 Å². The zero-order valence-corrected chi connectivity index (χ0v) is 29.2. The maximum atomic E-state index is 14.4. The second kappa shape index (κ2) is 14.8. The smallest absolute Gasteiger partial charge is 0.338 e. The number of rotatable bonds is 11. The van der Waals surface area contributed by atoms with Gasteiger partial charge in [-0.1, -0.05) is 48.9 Å². The Kier molecular flexibility index (Phi) is 10.1. The lowest BCUT2D eigenvalue weighted by Crippen LogP contribution is -2.39. The summed E-state index contributed by atoms with van der Waals surface area (Å²) >= 11 is 1.21. The first-order valence-electron chi connectivity index (χ1n) is 16.1. The number of benzene rings is 3. The molecule has 0 bridgehead atoms. The van der Waals surface area contributed by atoms with Crippen LogP contribution in [-0.4, -0.2) is 47.1 Å². The number of para-hydroxylation sites is 1. The van der Waals surface area contributed by atoms with Crippen LogP contribution in [0.1, 0.15) is 50.8 Å². The molecule has 0 N–H and O–H groups in total. The Morgan fingerprint density at radius 2 is 1.76 bits per heavy atom. The summed E-state index contributed by atoms with van der Waals surface area (Å²) in [4.78, 5) is 44.4. The van der Waals surface area contributed by atoms with E-state index in [1.807, 2.05) is 60.8 Å². The molecule has 0 spiro atoms. The summed E-state index contributed by atoms with van der Waals surface area (Å²) in [5.74, 6) is 0.107. The van der Waals surface area contributed by atoms with Crippen LogP contribution in [0.15, 0.2) is 100 Å². The van der Waals surface area contributed by atoms with Crippen LogP contribution >= 0.6 is 11.3 Å². The minimum absolute atomic E-state index is 0.201. The van der Waals surface area contributed by atoms with Gasteiger partial charge in [-0.2, -0.15) is 5.10 Å². The predicted molar refractivity (Wildman–Crippen MR) is 189 cm³/mol. The topological polar surface area (TPSA) is 123 Å². The summed E-state index contributed by atoms with van der Waals surface area (Å²) in [6, 6.07) is 21.5. The fourth-order valence-electron chi connectivity index (χ4n) is 5.72. The second-order valence-corrected chi connectivity index (χ2v) is 12.5. The minimum Gasteiger partial charge on any atom is -0.494 e. The van der Waals surface area contributed by atoms with Gasteiger partial charge in [0, 0.05) is 24.2 Å². The van der Waals surface area contributed by atoms with E-state index in [4.69, 9.17) is 24.0 Å². The maximum absolute atomic E-state index is 14.4. The van der Waals surface area contributed by atoms with Crippen molar-refractivity contribution in [2.24, 2.45) is 4.99 Å². The van der Waals surface area contributed by atoms with Crippen LogP contribution in [-0.2, 0) is 14.3 Å². The molecule has 256 valence electrons.